The first-order valence-corrected chi connectivity index (χ1v) is 6.27. The normalized spacial score (nSPS) is 10.4. The van der Waals surface area contributed by atoms with Crippen molar-refractivity contribution in [3.05, 3.63) is 58.7 Å². The molecule has 20 heavy (non-hydrogen) atoms. The largest absolute Gasteiger partial charge is 0.508 e. The molecule has 0 aliphatic heterocycles. The van der Waals surface area contributed by atoms with Crippen molar-refractivity contribution in [2.45, 2.75) is 19.8 Å². The molecule has 0 aliphatic rings. The SMILES string of the molecule is Cc1cccc(Cc2cc(CC(=O)O)ccc2O)c1O. The summed E-state index contributed by atoms with van der Waals surface area (Å²) in [4.78, 5) is 10.7. The highest BCUT2D eigenvalue weighted by Crippen LogP contribution is 2.28. The lowest BCUT2D eigenvalue weighted by Gasteiger charge is -2.10. The van der Waals surface area contributed by atoms with Crippen LogP contribution in [0.5, 0.6) is 11.5 Å². The van der Waals surface area contributed by atoms with E-state index in [-0.39, 0.29) is 17.9 Å². The van der Waals surface area contributed by atoms with Gasteiger partial charge in [0.2, 0.25) is 0 Å². The molecule has 0 spiro atoms. The molecule has 0 radical (unpaired) electrons. The molecule has 0 atom stereocenters. The van der Waals surface area contributed by atoms with Crippen molar-refractivity contribution in [1.29, 1.82) is 0 Å². The topological polar surface area (TPSA) is 77.8 Å². The average molecular weight is 272 g/mol. The molecule has 2 rings (SSSR count). The molecule has 0 aromatic heterocycles. The standard InChI is InChI=1S/C16H16O4/c1-10-3-2-4-12(16(10)20)9-13-7-11(8-15(18)19)5-6-14(13)17/h2-7,17,20H,8-9H2,1H3,(H,18,19). The maximum atomic E-state index is 10.7. The zero-order chi connectivity index (χ0) is 14.7. The molecule has 4 heteroatoms. The fourth-order valence-corrected chi connectivity index (χ4v) is 2.13. The van der Waals surface area contributed by atoms with Crippen LogP contribution in [-0.2, 0) is 17.6 Å². The maximum absolute atomic E-state index is 10.7. The Morgan fingerprint density at radius 2 is 1.85 bits per heavy atom. The molecule has 3 N–H and O–H groups in total. The van der Waals surface area contributed by atoms with Crippen LogP contribution in [-0.4, -0.2) is 21.3 Å². The Hall–Kier alpha value is -2.49. The van der Waals surface area contributed by atoms with Crippen LogP contribution < -0.4 is 0 Å². The van der Waals surface area contributed by atoms with Gasteiger partial charge in [-0.2, -0.15) is 0 Å². The molecule has 2 aromatic rings. The number of para-hydroxylation sites is 1. The minimum absolute atomic E-state index is 0.0902. The highest BCUT2D eigenvalue weighted by molar-refractivity contribution is 5.70. The molecule has 0 fully saturated rings. The Bertz CT molecular complexity index is 647. The van der Waals surface area contributed by atoms with Crippen LogP contribution in [0.1, 0.15) is 22.3 Å². The number of benzene rings is 2. The third-order valence-corrected chi connectivity index (χ3v) is 3.20. The predicted octanol–water partition coefficient (Wildman–Crippen LogP) is 2.62. The number of aryl methyl sites for hydroxylation is 1. The number of carboxylic acids is 1. The second kappa shape index (κ2) is 5.65. The van der Waals surface area contributed by atoms with Gasteiger partial charge in [0.05, 0.1) is 6.42 Å². The molecule has 0 bridgehead atoms. The molecular weight excluding hydrogens is 256 g/mol. The second-order valence-corrected chi connectivity index (χ2v) is 4.79. The minimum Gasteiger partial charge on any atom is -0.508 e. The summed E-state index contributed by atoms with van der Waals surface area (Å²) >= 11 is 0. The minimum atomic E-state index is -0.917. The van der Waals surface area contributed by atoms with Gasteiger partial charge >= 0.3 is 5.97 Å². The average Bonchev–Trinajstić information content (AvgIpc) is 2.38. The van der Waals surface area contributed by atoms with Gasteiger partial charge in [0.25, 0.3) is 0 Å². The Balaban J connectivity index is 2.32. The third kappa shape index (κ3) is 3.09. The molecule has 0 unspecified atom stereocenters. The number of phenols is 2. The van der Waals surface area contributed by atoms with Crippen LogP contribution in [0.15, 0.2) is 36.4 Å². The molecule has 0 amide bonds. The fourth-order valence-electron chi connectivity index (χ4n) is 2.13. The first kappa shape index (κ1) is 13.9. The van der Waals surface area contributed by atoms with Crippen molar-refractivity contribution in [3.8, 4) is 11.5 Å². The zero-order valence-electron chi connectivity index (χ0n) is 11.1. The van der Waals surface area contributed by atoms with Crippen molar-refractivity contribution < 1.29 is 20.1 Å². The van der Waals surface area contributed by atoms with Gasteiger partial charge in [-0.1, -0.05) is 30.3 Å². The van der Waals surface area contributed by atoms with Gasteiger partial charge < -0.3 is 15.3 Å². The maximum Gasteiger partial charge on any atom is 0.307 e. The number of phenolic OH excluding ortho intramolecular Hbond substituents is 2. The van der Waals surface area contributed by atoms with Gasteiger partial charge in [-0.3, -0.25) is 4.79 Å². The quantitative estimate of drug-likeness (QED) is 0.799. The Kier molecular flexibility index (Phi) is 3.94. The van der Waals surface area contributed by atoms with Crippen molar-refractivity contribution in [2.75, 3.05) is 0 Å². The molecule has 2 aromatic carbocycles. The lowest BCUT2D eigenvalue weighted by Crippen LogP contribution is -2.01. The zero-order valence-corrected chi connectivity index (χ0v) is 11.1. The molecule has 104 valence electrons. The smallest absolute Gasteiger partial charge is 0.307 e. The summed E-state index contributed by atoms with van der Waals surface area (Å²) in [5.41, 5.74) is 2.69. The van der Waals surface area contributed by atoms with Gasteiger partial charge in [-0.15, -0.1) is 0 Å². The van der Waals surface area contributed by atoms with Gasteiger partial charge in [0, 0.05) is 6.42 Å². The number of rotatable bonds is 4. The van der Waals surface area contributed by atoms with E-state index in [4.69, 9.17) is 5.11 Å². The molecule has 0 aliphatic carbocycles. The first-order chi connectivity index (χ1) is 9.47. The molecular formula is C16H16O4. The Morgan fingerprint density at radius 3 is 2.55 bits per heavy atom. The molecule has 0 saturated carbocycles. The van der Waals surface area contributed by atoms with Crippen LogP contribution >= 0.6 is 0 Å². The lowest BCUT2D eigenvalue weighted by atomic mass is 9.98. The number of hydrogen-bond donors (Lipinski definition) is 3. The van der Waals surface area contributed by atoms with E-state index in [2.05, 4.69) is 0 Å². The van der Waals surface area contributed by atoms with Crippen molar-refractivity contribution in [2.24, 2.45) is 0 Å². The molecule has 0 saturated heterocycles. The third-order valence-electron chi connectivity index (χ3n) is 3.20. The second-order valence-electron chi connectivity index (χ2n) is 4.79. The van der Waals surface area contributed by atoms with Gasteiger partial charge in [0.15, 0.2) is 0 Å². The monoisotopic (exact) mass is 272 g/mol. The van der Waals surface area contributed by atoms with E-state index in [1.54, 1.807) is 31.2 Å². The summed E-state index contributed by atoms with van der Waals surface area (Å²) in [5.74, 6) is -0.615. The lowest BCUT2D eigenvalue weighted by molar-refractivity contribution is -0.136. The number of aliphatic carboxylic acids is 1. The Morgan fingerprint density at radius 1 is 1.10 bits per heavy atom. The van der Waals surface area contributed by atoms with Crippen LogP contribution in [0, 0.1) is 6.92 Å². The Labute approximate surface area is 116 Å². The summed E-state index contributed by atoms with van der Waals surface area (Å²) in [5, 5.41) is 28.6. The number of carboxylic acid groups (broad SMARTS) is 1. The van der Waals surface area contributed by atoms with Crippen molar-refractivity contribution >= 4 is 5.97 Å². The highest BCUT2D eigenvalue weighted by atomic mass is 16.4. The molecule has 0 heterocycles. The van der Waals surface area contributed by atoms with E-state index < -0.39 is 5.97 Å². The van der Waals surface area contributed by atoms with Crippen LogP contribution in [0.4, 0.5) is 0 Å². The number of carbonyl (C=O) groups is 1. The van der Waals surface area contributed by atoms with Crippen molar-refractivity contribution in [3.63, 3.8) is 0 Å². The van der Waals surface area contributed by atoms with E-state index in [0.29, 0.717) is 23.1 Å². The van der Waals surface area contributed by atoms with Crippen LogP contribution in [0.25, 0.3) is 0 Å². The van der Waals surface area contributed by atoms with Crippen molar-refractivity contribution in [1.82, 2.24) is 0 Å². The number of hydrogen-bond acceptors (Lipinski definition) is 3. The summed E-state index contributed by atoms with van der Waals surface area (Å²) in [6.45, 7) is 1.81. The van der Waals surface area contributed by atoms with E-state index in [9.17, 15) is 15.0 Å². The summed E-state index contributed by atoms with van der Waals surface area (Å²) in [6.07, 6.45) is 0.264. The van der Waals surface area contributed by atoms with E-state index in [1.165, 1.54) is 6.07 Å². The predicted molar refractivity (Wildman–Crippen MR) is 75.1 cm³/mol. The first-order valence-electron chi connectivity index (χ1n) is 6.27. The van der Waals surface area contributed by atoms with Gasteiger partial charge in [0.1, 0.15) is 11.5 Å². The fraction of sp³-hybridized carbons (Fsp3) is 0.188. The van der Waals surface area contributed by atoms with Crippen LogP contribution in [0.3, 0.4) is 0 Å². The van der Waals surface area contributed by atoms with Crippen LogP contribution in [0.2, 0.25) is 0 Å². The van der Waals surface area contributed by atoms with E-state index in [1.807, 2.05) is 6.07 Å². The summed E-state index contributed by atoms with van der Waals surface area (Å²) < 4.78 is 0. The van der Waals surface area contributed by atoms with Gasteiger partial charge in [-0.25, -0.2) is 0 Å². The highest BCUT2D eigenvalue weighted by Gasteiger charge is 2.10. The summed E-state index contributed by atoms with van der Waals surface area (Å²) in [6, 6.07) is 10.2. The summed E-state index contributed by atoms with van der Waals surface area (Å²) in [7, 11) is 0. The van der Waals surface area contributed by atoms with Gasteiger partial charge in [-0.05, 0) is 35.2 Å². The van der Waals surface area contributed by atoms with E-state index in [0.717, 1.165) is 5.56 Å². The molecule has 4 nitrogen and oxygen atoms in total. The number of aromatic hydroxyl groups is 2. The van der Waals surface area contributed by atoms with E-state index >= 15 is 0 Å².